The zero-order valence-corrected chi connectivity index (χ0v) is 40.4. The molecular formula is C42H72O2S2Si2Zr. The van der Waals surface area contributed by atoms with Crippen LogP contribution in [0.2, 0.25) is 36.3 Å². The van der Waals surface area contributed by atoms with Crippen molar-refractivity contribution >= 4 is 40.8 Å². The summed E-state index contributed by atoms with van der Waals surface area (Å²) in [4.78, 5) is 0. The van der Waals surface area contributed by atoms with Gasteiger partial charge in [0.05, 0.1) is 0 Å². The monoisotopic (exact) mass is 818 g/mol. The minimum atomic E-state index is -1.95. The SMILES string of the molecule is CC(C)(C)c1cc(C[S]2=[Zr]=[S](Cc3cc(C(C)(C)C)cc([Si](C)(C)C(C)(C)C)c3O)[C@H]3CCCCCCC32)c(O)c([Si](C)(C)C(C)(C)C)c1. The third-order valence-corrected chi connectivity index (χ3v) is 45.7. The van der Waals surface area contributed by atoms with Crippen LogP contribution in [0.15, 0.2) is 24.3 Å². The Morgan fingerprint density at radius 1 is 0.571 bits per heavy atom. The maximum absolute atomic E-state index is 12.2. The summed E-state index contributed by atoms with van der Waals surface area (Å²) in [7, 11) is -3.15. The molecule has 1 aliphatic carbocycles. The van der Waals surface area contributed by atoms with E-state index in [4.69, 9.17) is 0 Å². The molecule has 4 atom stereocenters. The summed E-state index contributed by atoms with van der Waals surface area (Å²) in [6.45, 7) is 38.1. The fourth-order valence-corrected chi connectivity index (χ4v) is 40.2. The number of phenolic OH excluding ortho intramolecular Hbond substituents is 2. The van der Waals surface area contributed by atoms with E-state index >= 15 is 0 Å². The Bertz CT molecular complexity index is 1510. The Balaban J connectivity index is 1.91. The van der Waals surface area contributed by atoms with Gasteiger partial charge in [0.25, 0.3) is 0 Å². The molecule has 2 aromatic carbocycles. The fraction of sp³-hybridized carbons (Fsp3) is 0.714. The van der Waals surface area contributed by atoms with Crippen molar-refractivity contribution in [2.24, 2.45) is 0 Å². The van der Waals surface area contributed by atoms with Crippen LogP contribution in [-0.2, 0) is 41.5 Å². The van der Waals surface area contributed by atoms with E-state index in [2.05, 4.69) is 134 Å². The Labute approximate surface area is 316 Å². The van der Waals surface area contributed by atoms with Crippen molar-refractivity contribution in [3.8, 4) is 11.5 Å². The number of rotatable bonds is 6. The van der Waals surface area contributed by atoms with Gasteiger partial charge in [-0.25, -0.2) is 0 Å². The van der Waals surface area contributed by atoms with Crippen molar-refractivity contribution < 1.29 is 29.4 Å². The molecule has 3 unspecified atom stereocenters. The molecule has 276 valence electrons. The molecule has 1 fully saturated rings. The molecule has 2 aliphatic rings. The summed E-state index contributed by atoms with van der Waals surface area (Å²) in [6, 6.07) is 9.61. The molecule has 2 nitrogen and oxygen atoms in total. The van der Waals surface area contributed by atoms with Crippen LogP contribution in [0.3, 0.4) is 0 Å². The van der Waals surface area contributed by atoms with Gasteiger partial charge in [-0.1, -0.05) is 0 Å². The summed E-state index contributed by atoms with van der Waals surface area (Å²) >= 11 is -0.819. The molecule has 0 spiro atoms. The molecule has 0 radical (unpaired) electrons. The van der Waals surface area contributed by atoms with Gasteiger partial charge < -0.3 is 0 Å². The standard InChI is InChI=1S/C42H72O2S2Si2.Zr/c1-39(2,3)31-23-29(37(43)35(25-31)47(13,14)41(7,8)9)27-45-33-21-19-17-18-20-22-34(33)46-28-30-24-32(40(4,5)6)26-36(38(30)44)48(15,16)42(10,11)12;/h23-26,33-34,43-44H,17-22,27-28H2,1-16H3;/t33-,34?;/m0./s1. The van der Waals surface area contributed by atoms with Crippen LogP contribution in [0.25, 0.3) is 0 Å². The molecule has 1 aliphatic heterocycles. The Hall–Kier alpha value is 0.0569. The van der Waals surface area contributed by atoms with E-state index in [0.717, 1.165) is 22.0 Å². The molecule has 49 heavy (non-hydrogen) atoms. The summed E-state index contributed by atoms with van der Waals surface area (Å²) in [6.07, 6.45) is 8.23. The molecule has 0 saturated heterocycles. The van der Waals surface area contributed by atoms with Crippen molar-refractivity contribution in [2.45, 2.75) is 191 Å². The summed E-state index contributed by atoms with van der Waals surface area (Å²) in [5, 5.41) is 28.8. The average Bonchev–Trinajstić information content (AvgIpc) is 3.21. The second kappa shape index (κ2) is 14.7. The van der Waals surface area contributed by atoms with Crippen molar-refractivity contribution in [3.63, 3.8) is 0 Å². The topological polar surface area (TPSA) is 40.5 Å². The van der Waals surface area contributed by atoms with Crippen LogP contribution in [-0.4, -0.2) is 36.9 Å². The Morgan fingerprint density at radius 3 is 1.18 bits per heavy atom. The molecule has 1 saturated carbocycles. The quantitative estimate of drug-likeness (QED) is 0.285. The van der Waals surface area contributed by atoms with Crippen LogP contribution in [0.4, 0.5) is 0 Å². The maximum atomic E-state index is 12.2. The predicted octanol–water partition coefficient (Wildman–Crippen LogP) is 12.4. The first-order chi connectivity index (χ1) is 22.2. The van der Waals surface area contributed by atoms with Gasteiger partial charge in [0, 0.05) is 0 Å². The van der Waals surface area contributed by atoms with Gasteiger partial charge in [-0.3, -0.25) is 0 Å². The second-order valence-electron chi connectivity index (χ2n) is 20.6. The molecular weight excluding hydrogens is 748 g/mol. The van der Waals surface area contributed by atoms with Crippen LogP contribution >= 0.6 is 14.2 Å². The van der Waals surface area contributed by atoms with E-state index < -0.39 is 35.3 Å². The first-order valence-electron chi connectivity index (χ1n) is 19.1. The van der Waals surface area contributed by atoms with Crippen LogP contribution in [0.1, 0.15) is 144 Å². The van der Waals surface area contributed by atoms with Crippen LogP contribution in [0, 0.1) is 0 Å². The van der Waals surface area contributed by atoms with Gasteiger partial charge in [0.15, 0.2) is 0 Å². The second-order valence-corrected chi connectivity index (χ2v) is 46.8. The average molecular weight is 821 g/mol. The van der Waals surface area contributed by atoms with E-state index in [0.29, 0.717) is 25.7 Å². The van der Waals surface area contributed by atoms with Crippen LogP contribution < -0.4 is 10.4 Å². The summed E-state index contributed by atoms with van der Waals surface area (Å²) in [5.41, 5.74) is 5.37. The molecule has 2 aromatic rings. The first kappa shape index (κ1) is 41.8. The van der Waals surface area contributed by atoms with E-state index in [1.807, 2.05) is 0 Å². The summed E-state index contributed by atoms with van der Waals surface area (Å²) in [5.74, 6) is 3.43. The minimum absolute atomic E-state index is 0.0445. The Morgan fingerprint density at radius 2 is 0.898 bits per heavy atom. The van der Waals surface area contributed by atoms with Crippen molar-refractivity contribution in [2.75, 3.05) is 0 Å². The molecule has 4 rings (SSSR count). The predicted molar refractivity (Wildman–Crippen MR) is 225 cm³/mol. The normalized spacial score (nSPS) is 22.9. The number of hydrogen-bond acceptors (Lipinski definition) is 2. The third-order valence-electron chi connectivity index (χ3n) is 12.9. The van der Waals surface area contributed by atoms with Gasteiger partial charge >= 0.3 is 319 Å². The molecule has 0 bridgehead atoms. The number of aromatic hydroxyl groups is 2. The number of fused-ring (bicyclic) bond motifs is 1. The van der Waals surface area contributed by atoms with E-state index in [9.17, 15) is 10.2 Å². The zero-order valence-electron chi connectivity index (χ0n) is 34.3. The molecule has 0 amide bonds. The van der Waals surface area contributed by atoms with Crippen molar-refractivity contribution in [1.29, 1.82) is 0 Å². The van der Waals surface area contributed by atoms with Gasteiger partial charge in [-0.15, -0.1) is 0 Å². The van der Waals surface area contributed by atoms with E-state index in [1.165, 1.54) is 71.2 Å². The van der Waals surface area contributed by atoms with Crippen LogP contribution in [0.5, 0.6) is 11.5 Å². The van der Waals surface area contributed by atoms with Gasteiger partial charge in [0.1, 0.15) is 0 Å². The fourth-order valence-electron chi connectivity index (χ4n) is 7.17. The van der Waals surface area contributed by atoms with Gasteiger partial charge in [-0.05, 0) is 0 Å². The molecule has 2 N–H and O–H groups in total. The van der Waals surface area contributed by atoms with Gasteiger partial charge in [-0.2, -0.15) is 0 Å². The molecule has 7 heteroatoms. The molecule has 1 heterocycles. The van der Waals surface area contributed by atoms with Crippen molar-refractivity contribution in [1.82, 2.24) is 0 Å². The summed E-state index contributed by atoms with van der Waals surface area (Å²) < 4.78 is 0. The first-order valence-corrected chi connectivity index (χ1v) is 34.0. The number of phenols is 2. The van der Waals surface area contributed by atoms with Gasteiger partial charge in [0.2, 0.25) is 0 Å². The number of hydrogen-bond donors (Lipinski definition) is 2. The molecule has 0 aromatic heterocycles. The number of benzene rings is 2. The zero-order chi connectivity index (χ0) is 37.1. The third kappa shape index (κ3) is 8.89. The van der Waals surface area contributed by atoms with E-state index in [1.54, 1.807) is 0 Å². The van der Waals surface area contributed by atoms with Crippen molar-refractivity contribution in [3.05, 3.63) is 46.5 Å². The van der Waals surface area contributed by atoms with E-state index in [-0.39, 0.29) is 20.9 Å². The Kier molecular flexibility index (Phi) is 12.5.